The number of carbonyl (C=O) groups excluding carboxylic acids is 1. The van der Waals surface area contributed by atoms with Crippen molar-refractivity contribution in [3.63, 3.8) is 0 Å². The van der Waals surface area contributed by atoms with Crippen molar-refractivity contribution in [2.45, 2.75) is 6.54 Å². The van der Waals surface area contributed by atoms with Crippen molar-refractivity contribution < 1.29 is 14.1 Å². The van der Waals surface area contributed by atoms with Gasteiger partial charge in [0.15, 0.2) is 0 Å². The van der Waals surface area contributed by atoms with Crippen molar-refractivity contribution in [1.82, 2.24) is 5.32 Å². The third kappa shape index (κ3) is 2.94. The van der Waals surface area contributed by atoms with Crippen molar-refractivity contribution in [2.24, 2.45) is 0 Å². The highest BCUT2D eigenvalue weighted by atomic mass is 16.6. The summed E-state index contributed by atoms with van der Waals surface area (Å²) in [6.45, 7) is 0.293. The lowest BCUT2D eigenvalue weighted by molar-refractivity contribution is -0.384. The number of nitro groups is 1. The number of nitro benzene ring substituents is 1. The fourth-order valence-corrected chi connectivity index (χ4v) is 1.72. The Bertz CT molecular complexity index is 623. The molecule has 7 heteroatoms. The summed E-state index contributed by atoms with van der Waals surface area (Å²) in [5, 5.41) is 16.3. The Balaban J connectivity index is 2.18. The van der Waals surface area contributed by atoms with Crippen molar-refractivity contribution in [3.8, 4) is 0 Å². The van der Waals surface area contributed by atoms with Gasteiger partial charge in [0.25, 0.3) is 11.6 Å². The van der Waals surface area contributed by atoms with Crippen LogP contribution in [0.3, 0.4) is 0 Å². The standard InChI is InChI=1S/C13H13N3O4/c1-14-12-3-2-10(16(18)19)6-11(12)13(17)15-7-9-4-5-20-8-9/h2-6,8,14H,7H2,1H3,(H,15,17). The van der Waals surface area contributed by atoms with Gasteiger partial charge in [0.1, 0.15) is 0 Å². The Morgan fingerprint density at radius 3 is 2.80 bits per heavy atom. The number of hydrogen-bond acceptors (Lipinski definition) is 5. The largest absolute Gasteiger partial charge is 0.472 e. The molecule has 0 spiro atoms. The van der Waals surface area contributed by atoms with Gasteiger partial charge in [-0.15, -0.1) is 0 Å². The summed E-state index contributed by atoms with van der Waals surface area (Å²) in [4.78, 5) is 22.3. The van der Waals surface area contributed by atoms with E-state index in [1.807, 2.05) is 0 Å². The van der Waals surface area contributed by atoms with Crippen LogP contribution in [-0.2, 0) is 6.54 Å². The number of anilines is 1. The second kappa shape index (κ2) is 5.87. The first-order chi connectivity index (χ1) is 9.61. The van der Waals surface area contributed by atoms with Gasteiger partial charge in [-0.2, -0.15) is 0 Å². The molecule has 0 unspecified atom stereocenters. The zero-order valence-corrected chi connectivity index (χ0v) is 10.8. The summed E-state index contributed by atoms with van der Waals surface area (Å²) in [5.41, 5.74) is 1.44. The van der Waals surface area contributed by atoms with Crippen LogP contribution in [0.1, 0.15) is 15.9 Å². The number of rotatable bonds is 5. The van der Waals surface area contributed by atoms with Gasteiger partial charge in [0, 0.05) is 37.0 Å². The lowest BCUT2D eigenvalue weighted by Gasteiger charge is -2.09. The van der Waals surface area contributed by atoms with Crippen molar-refractivity contribution in [1.29, 1.82) is 0 Å². The summed E-state index contributed by atoms with van der Waals surface area (Å²) in [6, 6.07) is 5.83. The van der Waals surface area contributed by atoms with Gasteiger partial charge >= 0.3 is 0 Å². The van der Waals surface area contributed by atoms with Gasteiger partial charge in [-0.3, -0.25) is 14.9 Å². The minimum Gasteiger partial charge on any atom is -0.472 e. The number of amides is 1. The fraction of sp³-hybridized carbons (Fsp3) is 0.154. The smallest absolute Gasteiger partial charge is 0.270 e. The minimum atomic E-state index is -0.535. The molecule has 0 saturated heterocycles. The third-order valence-corrected chi connectivity index (χ3v) is 2.76. The van der Waals surface area contributed by atoms with E-state index >= 15 is 0 Å². The van der Waals surface area contributed by atoms with E-state index in [0.29, 0.717) is 12.2 Å². The Morgan fingerprint density at radius 1 is 1.40 bits per heavy atom. The molecule has 1 aromatic carbocycles. The highest BCUT2D eigenvalue weighted by Gasteiger charge is 2.16. The summed E-state index contributed by atoms with van der Waals surface area (Å²) >= 11 is 0. The maximum Gasteiger partial charge on any atom is 0.270 e. The van der Waals surface area contributed by atoms with Gasteiger partial charge in [-0.1, -0.05) is 0 Å². The van der Waals surface area contributed by atoms with Crippen LogP contribution >= 0.6 is 0 Å². The Labute approximate surface area is 114 Å². The zero-order chi connectivity index (χ0) is 14.5. The normalized spacial score (nSPS) is 10.1. The van der Waals surface area contributed by atoms with Gasteiger partial charge < -0.3 is 15.1 Å². The number of carbonyl (C=O) groups is 1. The molecule has 0 atom stereocenters. The molecule has 104 valence electrons. The van der Waals surface area contributed by atoms with Crippen LogP contribution in [0, 0.1) is 10.1 Å². The quantitative estimate of drug-likeness (QED) is 0.643. The summed E-state index contributed by atoms with van der Waals surface area (Å²) in [7, 11) is 1.65. The topological polar surface area (TPSA) is 97.4 Å². The number of furan rings is 1. The summed E-state index contributed by atoms with van der Waals surface area (Å²) in [5.74, 6) is -0.390. The van der Waals surface area contributed by atoms with Gasteiger partial charge in [-0.05, 0) is 12.1 Å². The molecule has 1 aromatic heterocycles. The molecule has 0 aliphatic carbocycles. The number of non-ortho nitro benzene ring substituents is 1. The molecule has 0 aliphatic rings. The summed E-state index contributed by atoms with van der Waals surface area (Å²) < 4.78 is 4.90. The van der Waals surface area contributed by atoms with E-state index < -0.39 is 4.92 Å². The SMILES string of the molecule is CNc1ccc([N+](=O)[O-])cc1C(=O)NCc1ccoc1. The lowest BCUT2D eigenvalue weighted by atomic mass is 10.1. The molecular weight excluding hydrogens is 262 g/mol. The Morgan fingerprint density at radius 2 is 2.20 bits per heavy atom. The number of nitrogens with one attached hydrogen (secondary N) is 2. The molecule has 20 heavy (non-hydrogen) atoms. The first-order valence-electron chi connectivity index (χ1n) is 5.87. The molecule has 0 saturated carbocycles. The van der Waals surface area contributed by atoms with Crippen LogP contribution in [0.25, 0.3) is 0 Å². The Hall–Kier alpha value is -2.83. The van der Waals surface area contributed by atoms with E-state index in [0.717, 1.165) is 5.56 Å². The van der Waals surface area contributed by atoms with Crippen molar-refractivity contribution >= 4 is 17.3 Å². The maximum absolute atomic E-state index is 12.1. The van der Waals surface area contributed by atoms with Crippen LogP contribution in [0.15, 0.2) is 41.2 Å². The predicted molar refractivity (Wildman–Crippen MR) is 72.5 cm³/mol. The van der Waals surface area contributed by atoms with E-state index in [2.05, 4.69) is 10.6 Å². The molecular formula is C13H13N3O4. The van der Waals surface area contributed by atoms with E-state index in [4.69, 9.17) is 4.42 Å². The van der Waals surface area contributed by atoms with Gasteiger partial charge in [0.2, 0.25) is 0 Å². The van der Waals surface area contributed by atoms with Crippen LogP contribution in [0.4, 0.5) is 11.4 Å². The molecule has 2 aromatic rings. The number of nitrogens with zero attached hydrogens (tertiary/aromatic N) is 1. The average molecular weight is 275 g/mol. The van der Waals surface area contributed by atoms with Crippen molar-refractivity contribution in [3.05, 3.63) is 58.0 Å². The fourth-order valence-electron chi connectivity index (χ4n) is 1.72. The second-order valence-corrected chi connectivity index (χ2v) is 4.05. The van der Waals surface area contributed by atoms with Crippen molar-refractivity contribution in [2.75, 3.05) is 12.4 Å². The molecule has 0 aliphatic heterocycles. The van der Waals surface area contributed by atoms with E-state index in [-0.39, 0.29) is 17.2 Å². The zero-order valence-electron chi connectivity index (χ0n) is 10.8. The summed E-state index contributed by atoms with van der Waals surface area (Å²) in [6.07, 6.45) is 3.03. The van der Waals surface area contributed by atoms with E-state index in [1.165, 1.54) is 30.7 Å². The Kier molecular flexibility index (Phi) is 3.99. The van der Waals surface area contributed by atoms with Crippen LogP contribution in [0.5, 0.6) is 0 Å². The highest BCUT2D eigenvalue weighted by Crippen LogP contribution is 2.21. The molecule has 1 amide bonds. The average Bonchev–Trinajstić information content (AvgIpc) is 2.97. The van der Waals surface area contributed by atoms with Crippen LogP contribution in [0.2, 0.25) is 0 Å². The molecule has 0 radical (unpaired) electrons. The van der Waals surface area contributed by atoms with Crippen LogP contribution < -0.4 is 10.6 Å². The molecule has 0 bridgehead atoms. The van der Waals surface area contributed by atoms with E-state index in [9.17, 15) is 14.9 Å². The predicted octanol–water partition coefficient (Wildman–Crippen LogP) is 2.16. The third-order valence-electron chi connectivity index (χ3n) is 2.76. The molecule has 1 heterocycles. The van der Waals surface area contributed by atoms with Gasteiger partial charge in [0.05, 0.1) is 23.0 Å². The van der Waals surface area contributed by atoms with Gasteiger partial charge in [-0.25, -0.2) is 0 Å². The first kappa shape index (κ1) is 13.6. The molecule has 2 rings (SSSR count). The van der Waals surface area contributed by atoms with E-state index in [1.54, 1.807) is 13.1 Å². The molecule has 7 nitrogen and oxygen atoms in total. The highest BCUT2D eigenvalue weighted by molar-refractivity contribution is 6.00. The second-order valence-electron chi connectivity index (χ2n) is 4.05. The molecule has 0 fully saturated rings. The number of hydrogen-bond donors (Lipinski definition) is 2. The monoisotopic (exact) mass is 275 g/mol. The number of benzene rings is 1. The minimum absolute atomic E-state index is 0.127. The maximum atomic E-state index is 12.1. The van der Waals surface area contributed by atoms with Crippen LogP contribution in [-0.4, -0.2) is 17.9 Å². The molecule has 2 N–H and O–H groups in total. The first-order valence-corrected chi connectivity index (χ1v) is 5.87. The lowest BCUT2D eigenvalue weighted by Crippen LogP contribution is -2.23.